The molecule has 0 radical (unpaired) electrons. The molecule has 0 aliphatic carbocycles. The van der Waals surface area contributed by atoms with Crippen molar-refractivity contribution < 1.29 is 9.90 Å². The van der Waals surface area contributed by atoms with Crippen molar-refractivity contribution >= 4 is 5.97 Å². The third-order valence-electron chi connectivity index (χ3n) is 2.40. The highest BCUT2D eigenvalue weighted by atomic mass is 16.4. The average molecular weight is 259 g/mol. The summed E-state index contributed by atoms with van der Waals surface area (Å²) in [5.41, 5.74) is 0. The van der Waals surface area contributed by atoms with Gasteiger partial charge in [-0.25, -0.2) is 19.9 Å². The van der Waals surface area contributed by atoms with Crippen molar-refractivity contribution in [3.05, 3.63) is 48.6 Å². The van der Waals surface area contributed by atoms with Crippen LogP contribution in [-0.2, 0) is 11.2 Å². The molecule has 7 heteroatoms. The van der Waals surface area contributed by atoms with Gasteiger partial charge in [0.1, 0.15) is 11.6 Å². The quantitative estimate of drug-likeness (QED) is 0.765. The van der Waals surface area contributed by atoms with Gasteiger partial charge in [-0.2, -0.15) is 0 Å². The molecule has 2 heterocycles. The number of nitrogens with zero attached hydrogens (tertiary/aromatic N) is 4. The Hall–Kier alpha value is -2.41. The van der Waals surface area contributed by atoms with Gasteiger partial charge in [-0.3, -0.25) is 10.1 Å². The Kier molecular flexibility index (Phi) is 4.46. The van der Waals surface area contributed by atoms with Crippen LogP contribution in [0, 0.1) is 0 Å². The van der Waals surface area contributed by atoms with Crippen molar-refractivity contribution in [3.63, 3.8) is 0 Å². The lowest BCUT2D eigenvalue weighted by Gasteiger charge is -2.15. The molecule has 7 nitrogen and oxygen atoms in total. The maximum absolute atomic E-state index is 10.7. The van der Waals surface area contributed by atoms with Gasteiger partial charge in [0.15, 0.2) is 0 Å². The van der Waals surface area contributed by atoms with Crippen molar-refractivity contribution in [2.45, 2.75) is 12.5 Å². The standard InChI is InChI=1S/C12H13N5O2/c18-11(19)8-17-9(12-15-5-2-6-16-12)7-10-13-3-1-4-14-10/h1-6,9,17H,7-8H2,(H,18,19). The fourth-order valence-electron chi connectivity index (χ4n) is 1.57. The van der Waals surface area contributed by atoms with Crippen molar-refractivity contribution in [1.82, 2.24) is 25.3 Å². The summed E-state index contributed by atoms with van der Waals surface area (Å²) in [7, 11) is 0. The zero-order chi connectivity index (χ0) is 13.5. The van der Waals surface area contributed by atoms with E-state index in [9.17, 15) is 4.79 Å². The molecule has 98 valence electrons. The Morgan fingerprint density at radius 3 is 2.26 bits per heavy atom. The molecule has 0 amide bonds. The SMILES string of the molecule is O=C(O)CNC(Cc1ncccn1)c1ncccn1. The van der Waals surface area contributed by atoms with Crippen LogP contribution in [0.15, 0.2) is 36.9 Å². The molecule has 2 N–H and O–H groups in total. The largest absolute Gasteiger partial charge is 0.480 e. The molecule has 2 aromatic heterocycles. The van der Waals surface area contributed by atoms with Crippen LogP contribution < -0.4 is 5.32 Å². The van der Waals surface area contributed by atoms with Crippen LogP contribution in [0.1, 0.15) is 17.7 Å². The van der Waals surface area contributed by atoms with Gasteiger partial charge >= 0.3 is 5.97 Å². The van der Waals surface area contributed by atoms with E-state index < -0.39 is 5.97 Å². The first-order valence-corrected chi connectivity index (χ1v) is 5.73. The highest BCUT2D eigenvalue weighted by Gasteiger charge is 2.16. The average Bonchev–Trinajstić information content (AvgIpc) is 2.45. The van der Waals surface area contributed by atoms with Crippen molar-refractivity contribution in [1.29, 1.82) is 0 Å². The molecular weight excluding hydrogens is 246 g/mol. The highest BCUT2D eigenvalue weighted by Crippen LogP contribution is 2.11. The topological polar surface area (TPSA) is 101 Å². The van der Waals surface area contributed by atoms with E-state index in [1.54, 1.807) is 36.9 Å². The lowest BCUT2D eigenvalue weighted by Crippen LogP contribution is -2.30. The number of nitrogens with one attached hydrogen (secondary N) is 1. The predicted octanol–water partition coefficient (Wildman–Crippen LogP) is 0.225. The summed E-state index contributed by atoms with van der Waals surface area (Å²) in [4.78, 5) is 27.1. The summed E-state index contributed by atoms with van der Waals surface area (Å²) in [6.45, 7) is -0.171. The Labute approximate surface area is 109 Å². The monoisotopic (exact) mass is 259 g/mol. The Balaban J connectivity index is 2.12. The van der Waals surface area contributed by atoms with Crippen LogP contribution in [0.25, 0.3) is 0 Å². The van der Waals surface area contributed by atoms with Gasteiger partial charge < -0.3 is 5.11 Å². The van der Waals surface area contributed by atoms with Gasteiger partial charge in [-0.05, 0) is 12.1 Å². The predicted molar refractivity (Wildman–Crippen MR) is 66.1 cm³/mol. The number of aliphatic carboxylic acids is 1. The van der Waals surface area contributed by atoms with Gasteiger partial charge in [0.2, 0.25) is 0 Å². The molecule has 1 atom stereocenters. The summed E-state index contributed by atoms with van der Waals surface area (Å²) in [5.74, 6) is 0.198. The lowest BCUT2D eigenvalue weighted by atomic mass is 10.1. The molecule has 2 rings (SSSR count). The maximum Gasteiger partial charge on any atom is 0.317 e. The Bertz CT molecular complexity index is 520. The van der Waals surface area contributed by atoms with E-state index in [0.717, 1.165) is 0 Å². The minimum atomic E-state index is -0.935. The van der Waals surface area contributed by atoms with Crippen LogP contribution in [0.4, 0.5) is 0 Å². The van der Waals surface area contributed by atoms with Gasteiger partial charge in [0.05, 0.1) is 12.6 Å². The summed E-state index contributed by atoms with van der Waals surface area (Å²) in [5, 5.41) is 11.6. The smallest absolute Gasteiger partial charge is 0.317 e. The fourth-order valence-corrected chi connectivity index (χ4v) is 1.57. The van der Waals surface area contributed by atoms with E-state index in [1.165, 1.54) is 0 Å². The number of carboxylic acids is 1. The van der Waals surface area contributed by atoms with Gasteiger partial charge in [0, 0.05) is 31.2 Å². The number of hydrogen-bond donors (Lipinski definition) is 2. The van der Waals surface area contributed by atoms with Crippen molar-refractivity contribution in [2.75, 3.05) is 6.54 Å². The first-order chi connectivity index (χ1) is 9.25. The molecule has 2 aromatic rings. The van der Waals surface area contributed by atoms with Crippen LogP contribution in [-0.4, -0.2) is 37.6 Å². The number of rotatable bonds is 6. The van der Waals surface area contributed by atoms with E-state index in [0.29, 0.717) is 18.1 Å². The second kappa shape index (κ2) is 6.50. The number of carbonyl (C=O) groups is 1. The number of hydrogen-bond acceptors (Lipinski definition) is 6. The first kappa shape index (κ1) is 13.0. The van der Waals surface area contributed by atoms with Crippen LogP contribution in [0.3, 0.4) is 0 Å². The zero-order valence-corrected chi connectivity index (χ0v) is 10.1. The van der Waals surface area contributed by atoms with E-state index in [4.69, 9.17) is 5.11 Å². The minimum absolute atomic E-state index is 0.171. The third-order valence-corrected chi connectivity index (χ3v) is 2.40. The van der Waals surface area contributed by atoms with Crippen LogP contribution >= 0.6 is 0 Å². The van der Waals surface area contributed by atoms with Gasteiger partial charge in [-0.1, -0.05) is 0 Å². The maximum atomic E-state index is 10.7. The van der Waals surface area contributed by atoms with Crippen LogP contribution in [0.2, 0.25) is 0 Å². The second-order valence-electron chi connectivity index (χ2n) is 3.80. The number of aromatic nitrogens is 4. The zero-order valence-electron chi connectivity index (χ0n) is 10.1. The normalized spacial score (nSPS) is 12.0. The molecule has 1 unspecified atom stereocenters. The summed E-state index contributed by atoms with van der Waals surface area (Å²) >= 11 is 0. The molecule has 0 fully saturated rings. The molecule has 19 heavy (non-hydrogen) atoms. The molecule has 0 aliphatic heterocycles. The number of carboxylic acid groups (broad SMARTS) is 1. The Morgan fingerprint density at radius 1 is 1.11 bits per heavy atom. The molecule has 0 aromatic carbocycles. The second-order valence-corrected chi connectivity index (χ2v) is 3.80. The fraction of sp³-hybridized carbons (Fsp3) is 0.250. The van der Waals surface area contributed by atoms with E-state index in [2.05, 4.69) is 25.3 Å². The molecule has 0 aliphatic rings. The van der Waals surface area contributed by atoms with Gasteiger partial charge in [-0.15, -0.1) is 0 Å². The lowest BCUT2D eigenvalue weighted by molar-refractivity contribution is -0.136. The Morgan fingerprint density at radius 2 is 1.68 bits per heavy atom. The van der Waals surface area contributed by atoms with Crippen LogP contribution in [0.5, 0.6) is 0 Å². The molecular formula is C12H13N5O2. The van der Waals surface area contributed by atoms with E-state index >= 15 is 0 Å². The molecule has 0 saturated carbocycles. The highest BCUT2D eigenvalue weighted by molar-refractivity contribution is 5.69. The van der Waals surface area contributed by atoms with E-state index in [-0.39, 0.29) is 12.6 Å². The van der Waals surface area contributed by atoms with Crippen molar-refractivity contribution in [3.8, 4) is 0 Å². The van der Waals surface area contributed by atoms with E-state index in [1.807, 2.05) is 0 Å². The minimum Gasteiger partial charge on any atom is -0.480 e. The third kappa shape index (κ3) is 4.07. The summed E-state index contributed by atoms with van der Waals surface area (Å²) < 4.78 is 0. The molecule has 0 bridgehead atoms. The molecule has 0 saturated heterocycles. The first-order valence-electron chi connectivity index (χ1n) is 5.73. The summed E-state index contributed by atoms with van der Waals surface area (Å²) in [6, 6.07) is 3.10. The van der Waals surface area contributed by atoms with Crippen molar-refractivity contribution in [2.24, 2.45) is 0 Å². The molecule has 0 spiro atoms. The summed E-state index contributed by atoms with van der Waals surface area (Å²) in [6.07, 6.45) is 6.94. The van der Waals surface area contributed by atoms with Gasteiger partial charge in [0.25, 0.3) is 0 Å².